The predicted molar refractivity (Wildman–Crippen MR) is 96.3 cm³/mol. The van der Waals surface area contributed by atoms with Crippen LogP contribution in [-0.4, -0.2) is 59.6 Å². The molecule has 2 aromatic heterocycles. The number of aryl methyl sites for hydroxylation is 1. The first-order valence-corrected chi connectivity index (χ1v) is 7.10. The Kier molecular flexibility index (Phi) is 7.55. The molecule has 0 aliphatic heterocycles. The van der Waals surface area contributed by atoms with E-state index in [0.29, 0.717) is 10.7 Å². The van der Waals surface area contributed by atoms with Crippen LogP contribution in [0, 0.1) is 6.92 Å². The van der Waals surface area contributed by atoms with Crippen molar-refractivity contribution in [3.63, 3.8) is 0 Å². The minimum Gasteiger partial charge on any atom is -0.289 e. The SMILES string of the molecule is Cc1nccc(-c2ccc(C(=O)NN)s2)n1.[B]B([B])B([B])[B]. The number of amides is 1. The lowest BCUT2D eigenvalue weighted by molar-refractivity contribution is 0.0957. The van der Waals surface area contributed by atoms with Crippen LogP contribution in [0.1, 0.15) is 15.5 Å². The third kappa shape index (κ3) is 5.77. The number of nitrogen functional groups attached to an aromatic ring is 1. The zero-order valence-electron chi connectivity index (χ0n) is 12.1. The standard InChI is InChI=1S/C10H10N4OS.B6/c1-6-12-5-4-7(13-6)8-2-3-9(16-8)10(15)14-11;1-5(2)6(3)4/h2-5H,11H2,1H3,(H,14,15);. The lowest BCUT2D eigenvalue weighted by Gasteiger charge is -2.00. The maximum absolute atomic E-state index is 11.3. The highest BCUT2D eigenvalue weighted by atomic mass is 32.1. The molecule has 0 atom stereocenters. The number of carbonyl (C=O) groups is 1. The van der Waals surface area contributed by atoms with Crippen molar-refractivity contribution in [2.24, 2.45) is 5.84 Å². The molecular weight excluding hydrogens is 289 g/mol. The van der Waals surface area contributed by atoms with E-state index in [0.717, 1.165) is 10.6 Å². The molecule has 0 bridgehead atoms. The molecule has 0 unspecified atom stereocenters. The summed E-state index contributed by atoms with van der Waals surface area (Å²) in [6, 6.07) is 5.37. The Hall–Kier alpha value is -1.40. The van der Waals surface area contributed by atoms with Gasteiger partial charge in [0.1, 0.15) is 5.82 Å². The highest BCUT2D eigenvalue weighted by molar-refractivity contribution is 7.76. The molecule has 8 radical (unpaired) electrons. The topological polar surface area (TPSA) is 80.9 Å². The summed E-state index contributed by atoms with van der Waals surface area (Å²) < 4.78 is 0. The second-order valence-electron chi connectivity index (χ2n) is 4.28. The number of nitrogens with zero attached hydrogens (tertiary/aromatic N) is 2. The Morgan fingerprint density at radius 1 is 1.23 bits per heavy atom. The second-order valence-corrected chi connectivity index (χ2v) is 5.36. The van der Waals surface area contributed by atoms with E-state index in [1.807, 2.05) is 19.1 Å². The van der Waals surface area contributed by atoms with E-state index in [-0.39, 0.29) is 5.91 Å². The van der Waals surface area contributed by atoms with Crippen LogP contribution in [0.25, 0.3) is 10.6 Å². The average molecular weight is 299 g/mol. The van der Waals surface area contributed by atoms with E-state index in [2.05, 4.69) is 15.4 Å². The largest absolute Gasteiger partial charge is 0.289 e. The van der Waals surface area contributed by atoms with Crippen molar-refractivity contribution in [1.29, 1.82) is 0 Å². The van der Waals surface area contributed by atoms with Gasteiger partial charge < -0.3 is 0 Å². The summed E-state index contributed by atoms with van der Waals surface area (Å²) in [5.41, 5.74) is 2.91. The lowest BCUT2D eigenvalue weighted by Crippen LogP contribution is -2.38. The average Bonchev–Trinajstić information content (AvgIpc) is 2.97. The van der Waals surface area contributed by atoms with Gasteiger partial charge in [0.05, 0.1) is 15.4 Å². The molecule has 5 nitrogen and oxygen atoms in total. The van der Waals surface area contributed by atoms with Gasteiger partial charge in [0, 0.05) is 49.9 Å². The van der Waals surface area contributed by atoms with Crippen molar-refractivity contribution in [3.8, 4) is 10.6 Å². The summed E-state index contributed by atoms with van der Waals surface area (Å²) in [6.45, 7) is 1.82. The highest BCUT2D eigenvalue weighted by Gasteiger charge is 2.09. The van der Waals surface area contributed by atoms with Crippen LogP contribution in [0.2, 0.25) is 0 Å². The Morgan fingerprint density at radius 3 is 2.36 bits per heavy atom. The lowest BCUT2D eigenvalue weighted by atomic mass is 8.81. The van der Waals surface area contributed by atoms with E-state index in [1.54, 1.807) is 12.3 Å². The number of hydrazine groups is 1. The van der Waals surface area contributed by atoms with Crippen LogP contribution in [-0.2, 0) is 0 Å². The summed E-state index contributed by atoms with van der Waals surface area (Å²) in [4.78, 5) is 21.0. The minimum atomic E-state index is -0.593. The van der Waals surface area contributed by atoms with Gasteiger partial charge in [-0.2, -0.15) is 0 Å². The van der Waals surface area contributed by atoms with Gasteiger partial charge in [0.2, 0.25) is 0 Å². The van der Waals surface area contributed by atoms with Crippen LogP contribution >= 0.6 is 11.3 Å². The maximum atomic E-state index is 11.3. The first-order chi connectivity index (χ1) is 10.3. The monoisotopic (exact) mass is 300 g/mol. The van der Waals surface area contributed by atoms with E-state index in [9.17, 15) is 4.79 Å². The van der Waals surface area contributed by atoms with Crippen LogP contribution in [0.5, 0.6) is 0 Å². The van der Waals surface area contributed by atoms with Gasteiger partial charge in [-0.15, -0.1) is 11.3 Å². The third-order valence-corrected chi connectivity index (χ3v) is 3.54. The molecule has 100 valence electrons. The van der Waals surface area contributed by atoms with Gasteiger partial charge in [0.25, 0.3) is 5.91 Å². The Balaban J connectivity index is 0.000000346. The second kappa shape index (κ2) is 8.90. The fraction of sp³-hybridized carbons (Fsp3) is 0.100. The van der Waals surface area contributed by atoms with Crippen molar-refractivity contribution >= 4 is 61.0 Å². The zero-order chi connectivity index (χ0) is 16.7. The fourth-order valence-electron chi connectivity index (χ4n) is 1.26. The van der Waals surface area contributed by atoms with Gasteiger partial charge in [-0.25, -0.2) is 15.8 Å². The quantitative estimate of drug-likeness (QED) is 0.324. The number of hydrogen-bond donors (Lipinski definition) is 2. The molecule has 2 rings (SSSR count). The number of hydrogen-bond acceptors (Lipinski definition) is 5. The molecule has 22 heavy (non-hydrogen) atoms. The predicted octanol–water partition coefficient (Wildman–Crippen LogP) is -1.17. The smallest absolute Gasteiger partial charge is 0.275 e. The summed E-state index contributed by atoms with van der Waals surface area (Å²) in [6.07, 6.45) is 0.509. The Labute approximate surface area is 139 Å². The molecule has 0 saturated carbocycles. The molecule has 2 aromatic rings. The van der Waals surface area contributed by atoms with Gasteiger partial charge in [0.15, 0.2) is 0 Å². The molecule has 0 fully saturated rings. The molecule has 0 spiro atoms. The molecule has 0 aliphatic rings. The van der Waals surface area contributed by atoms with E-state index >= 15 is 0 Å². The van der Waals surface area contributed by atoms with Crippen LogP contribution < -0.4 is 11.3 Å². The maximum Gasteiger partial charge on any atom is 0.275 e. The first-order valence-electron chi connectivity index (χ1n) is 6.28. The molecule has 0 aliphatic carbocycles. The molecular formula is C10H10B6N4OS. The molecule has 1 amide bonds. The minimum absolute atomic E-state index is 0.290. The molecule has 0 saturated heterocycles. The molecule has 3 N–H and O–H groups in total. The van der Waals surface area contributed by atoms with Crippen LogP contribution in [0.3, 0.4) is 0 Å². The molecule has 0 aromatic carbocycles. The van der Waals surface area contributed by atoms with Crippen molar-refractivity contribution in [2.45, 2.75) is 6.92 Å². The van der Waals surface area contributed by atoms with Crippen molar-refractivity contribution < 1.29 is 4.79 Å². The number of nitrogens with two attached hydrogens (primary N) is 1. The van der Waals surface area contributed by atoms with Crippen molar-refractivity contribution in [1.82, 2.24) is 15.4 Å². The normalized spacial score (nSPS) is 9.36. The van der Waals surface area contributed by atoms with Gasteiger partial charge in [-0.05, 0) is 25.1 Å². The number of carbonyl (C=O) groups excluding carboxylic acids is 1. The third-order valence-electron chi connectivity index (χ3n) is 2.43. The highest BCUT2D eigenvalue weighted by Crippen LogP contribution is 2.26. The number of aromatic nitrogens is 2. The van der Waals surface area contributed by atoms with Crippen molar-refractivity contribution in [2.75, 3.05) is 0 Å². The molecule has 12 heteroatoms. The van der Waals surface area contributed by atoms with E-state index in [4.69, 9.17) is 36.8 Å². The summed E-state index contributed by atoms with van der Waals surface area (Å²) >= 11 is 1.35. The number of thiophene rings is 1. The first kappa shape index (κ1) is 18.6. The Morgan fingerprint density at radius 2 is 1.86 bits per heavy atom. The summed E-state index contributed by atoms with van der Waals surface area (Å²) in [7, 11) is 19.9. The van der Waals surface area contributed by atoms with Gasteiger partial charge >= 0.3 is 0 Å². The van der Waals surface area contributed by atoms with Crippen molar-refractivity contribution in [3.05, 3.63) is 35.1 Å². The van der Waals surface area contributed by atoms with E-state index in [1.165, 1.54) is 11.3 Å². The summed E-state index contributed by atoms with van der Waals surface area (Å²) in [5, 5.41) is 0. The van der Waals surface area contributed by atoms with Gasteiger partial charge in [-0.1, -0.05) is 0 Å². The number of rotatable bonds is 3. The van der Waals surface area contributed by atoms with Crippen LogP contribution in [0.15, 0.2) is 24.4 Å². The molecule has 2 heterocycles. The number of nitrogens with one attached hydrogen (secondary N) is 1. The Bertz CT molecular complexity index is 617. The van der Waals surface area contributed by atoms with Gasteiger partial charge in [-0.3, -0.25) is 10.2 Å². The zero-order valence-corrected chi connectivity index (χ0v) is 12.9. The van der Waals surface area contributed by atoms with E-state index < -0.39 is 12.8 Å². The fourth-order valence-corrected chi connectivity index (χ4v) is 2.14. The summed E-state index contributed by atoms with van der Waals surface area (Å²) in [5.74, 6) is 5.47. The van der Waals surface area contributed by atoms with Crippen LogP contribution in [0.4, 0.5) is 0 Å².